The number of nitrogens with one attached hydrogen (secondary N) is 1. The summed E-state index contributed by atoms with van der Waals surface area (Å²) < 4.78 is 1.04. The molecular formula is C8H9BrN2S. The highest BCUT2D eigenvalue weighted by Gasteiger charge is 2.17. The maximum absolute atomic E-state index is 4.33. The number of halogens is 1. The minimum absolute atomic E-state index is 0.401. The third-order valence-electron chi connectivity index (χ3n) is 1.74. The molecule has 1 N–H and O–H groups in total. The monoisotopic (exact) mass is 244 g/mol. The minimum atomic E-state index is 0.401. The smallest absolute Gasteiger partial charge is 0.0962 e. The summed E-state index contributed by atoms with van der Waals surface area (Å²) in [5, 5.41) is 3.78. The number of hydrogen-bond donors (Lipinski definition) is 1. The molecule has 2 nitrogen and oxygen atoms in total. The number of rotatable bonds is 1. The molecule has 2 heterocycles. The second kappa shape index (κ2) is 3.77. The van der Waals surface area contributed by atoms with Gasteiger partial charge in [-0.2, -0.15) is 0 Å². The molecule has 12 heavy (non-hydrogen) atoms. The molecule has 4 heteroatoms. The molecule has 0 amide bonds. The number of nitrogens with zero attached hydrogens (tertiary/aromatic N) is 1. The largest absolute Gasteiger partial charge is 0.300 e. The molecule has 1 fully saturated rings. The summed E-state index contributed by atoms with van der Waals surface area (Å²) in [6.45, 7) is 1.09. The second-order valence-corrected chi connectivity index (χ2v) is 4.73. The van der Waals surface area contributed by atoms with Gasteiger partial charge in [0, 0.05) is 23.0 Å². The van der Waals surface area contributed by atoms with E-state index in [0.717, 1.165) is 16.7 Å². The minimum Gasteiger partial charge on any atom is -0.300 e. The maximum atomic E-state index is 4.33. The van der Waals surface area contributed by atoms with E-state index in [-0.39, 0.29) is 0 Å². The maximum Gasteiger partial charge on any atom is 0.0962 e. The molecule has 1 aliphatic heterocycles. The van der Waals surface area contributed by atoms with E-state index >= 15 is 0 Å². The van der Waals surface area contributed by atoms with Gasteiger partial charge in [-0.25, -0.2) is 0 Å². The van der Waals surface area contributed by atoms with E-state index in [2.05, 4.69) is 32.3 Å². The number of pyridine rings is 1. The van der Waals surface area contributed by atoms with Gasteiger partial charge in [0.25, 0.3) is 0 Å². The Morgan fingerprint density at radius 1 is 1.58 bits per heavy atom. The molecule has 0 saturated carbocycles. The predicted octanol–water partition coefficient (Wildman–Crippen LogP) is 2.18. The SMILES string of the molecule is Brc1ccc(C2NCCS2)nc1. The van der Waals surface area contributed by atoms with Crippen LogP contribution in [-0.2, 0) is 0 Å². The van der Waals surface area contributed by atoms with Gasteiger partial charge in [0.2, 0.25) is 0 Å². The lowest BCUT2D eigenvalue weighted by molar-refractivity contribution is 0.732. The van der Waals surface area contributed by atoms with Gasteiger partial charge < -0.3 is 0 Å². The second-order valence-electron chi connectivity index (χ2n) is 2.61. The van der Waals surface area contributed by atoms with Crippen molar-refractivity contribution in [3.05, 3.63) is 28.5 Å². The van der Waals surface area contributed by atoms with Crippen molar-refractivity contribution < 1.29 is 0 Å². The fourth-order valence-corrected chi connectivity index (χ4v) is 2.41. The van der Waals surface area contributed by atoms with E-state index in [1.807, 2.05) is 24.0 Å². The Kier molecular flexibility index (Phi) is 2.68. The molecule has 1 aromatic heterocycles. The van der Waals surface area contributed by atoms with Crippen LogP contribution in [0.1, 0.15) is 11.1 Å². The highest BCUT2D eigenvalue weighted by Crippen LogP contribution is 2.28. The van der Waals surface area contributed by atoms with Gasteiger partial charge in [0.1, 0.15) is 0 Å². The van der Waals surface area contributed by atoms with Crippen molar-refractivity contribution >= 4 is 27.7 Å². The molecule has 0 aliphatic carbocycles. The predicted molar refractivity (Wildman–Crippen MR) is 55.1 cm³/mol. The fraction of sp³-hybridized carbons (Fsp3) is 0.375. The van der Waals surface area contributed by atoms with Crippen LogP contribution in [0.5, 0.6) is 0 Å². The van der Waals surface area contributed by atoms with Gasteiger partial charge in [-0.05, 0) is 28.1 Å². The number of aromatic nitrogens is 1. The van der Waals surface area contributed by atoms with Crippen molar-refractivity contribution in [2.24, 2.45) is 0 Å². The standard InChI is InChI=1S/C8H9BrN2S/c9-6-1-2-7(11-5-6)8-10-3-4-12-8/h1-2,5,8,10H,3-4H2. The van der Waals surface area contributed by atoms with Gasteiger partial charge in [0.15, 0.2) is 0 Å². The van der Waals surface area contributed by atoms with Crippen LogP contribution < -0.4 is 5.32 Å². The third kappa shape index (κ3) is 1.81. The van der Waals surface area contributed by atoms with Gasteiger partial charge in [-0.15, -0.1) is 11.8 Å². The van der Waals surface area contributed by atoms with Crippen molar-refractivity contribution in [1.82, 2.24) is 10.3 Å². The summed E-state index contributed by atoms with van der Waals surface area (Å²) in [5.74, 6) is 1.18. The summed E-state index contributed by atoms with van der Waals surface area (Å²) >= 11 is 5.28. The Balaban J connectivity index is 2.17. The third-order valence-corrected chi connectivity index (χ3v) is 3.39. The Hall–Kier alpha value is -0.0600. The van der Waals surface area contributed by atoms with Gasteiger partial charge in [-0.3, -0.25) is 10.3 Å². The lowest BCUT2D eigenvalue weighted by Gasteiger charge is -2.07. The molecule has 2 rings (SSSR count). The van der Waals surface area contributed by atoms with Crippen LogP contribution >= 0.6 is 27.7 Å². The summed E-state index contributed by atoms with van der Waals surface area (Å²) in [7, 11) is 0. The number of hydrogen-bond acceptors (Lipinski definition) is 3. The van der Waals surface area contributed by atoms with Crippen molar-refractivity contribution in [3.63, 3.8) is 0 Å². The Bertz CT molecular complexity index is 256. The zero-order valence-corrected chi connectivity index (χ0v) is 8.86. The molecule has 1 aromatic rings. The lowest BCUT2D eigenvalue weighted by atomic mass is 10.3. The van der Waals surface area contributed by atoms with Gasteiger partial charge in [0.05, 0.1) is 11.1 Å². The Morgan fingerprint density at radius 2 is 2.50 bits per heavy atom. The van der Waals surface area contributed by atoms with E-state index in [1.165, 1.54) is 5.75 Å². The van der Waals surface area contributed by atoms with Crippen molar-refractivity contribution in [3.8, 4) is 0 Å². The van der Waals surface area contributed by atoms with Crippen molar-refractivity contribution in [2.75, 3.05) is 12.3 Å². The quantitative estimate of drug-likeness (QED) is 0.820. The zero-order chi connectivity index (χ0) is 8.39. The zero-order valence-electron chi connectivity index (χ0n) is 6.46. The van der Waals surface area contributed by atoms with Crippen LogP contribution in [0.4, 0.5) is 0 Å². The van der Waals surface area contributed by atoms with Gasteiger partial charge >= 0.3 is 0 Å². The highest BCUT2D eigenvalue weighted by molar-refractivity contribution is 9.10. The average molecular weight is 245 g/mol. The Morgan fingerprint density at radius 3 is 3.08 bits per heavy atom. The molecule has 1 unspecified atom stereocenters. The molecule has 0 radical (unpaired) electrons. The van der Waals surface area contributed by atoms with Crippen LogP contribution in [0, 0.1) is 0 Å². The first-order valence-electron chi connectivity index (χ1n) is 3.83. The first kappa shape index (κ1) is 8.53. The summed E-state index contributed by atoms with van der Waals surface area (Å²) in [5.41, 5.74) is 1.13. The molecule has 0 aromatic carbocycles. The summed E-state index contributed by atoms with van der Waals surface area (Å²) in [6, 6.07) is 4.09. The normalized spacial score (nSPS) is 22.9. The van der Waals surface area contributed by atoms with E-state index < -0.39 is 0 Å². The Labute approximate surface area is 84.3 Å². The van der Waals surface area contributed by atoms with Crippen LogP contribution in [0.3, 0.4) is 0 Å². The number of thioether (sulfide) groups is 1. The van der Waals surface area contributed by atoms with Crippen molar-refractivity contribution in [2.45, 2.75) is 5.37 Å². The molecule has 0 bridgehead atoms. The van der Waals surface area contributed by atoms with E-state index in [0.29, 0.717) is 5.37 Å². The lowest BCUT2D eigenvalue weighted by Crippen LogP contribution is -2.12. The van der Waals surface area contributed by atoms with E-state index in [4.69, 9.17) is 0 Å². The first-order chi connectivity index (χ1) is 5.86. The van der Waals surface area contributed by atoms with Crippen LogP contribution in [-0.4, -0.2) is 17.3 Å². The van der Waals surface area contributed by atoms with Crippen LogP contribution in [0.25, 0.3) is 0 Å². The van der Waals surface area contributed by atoms with Crippen molar-refractivity contribution in [1.29, 1.82) is 0 Å². The summed E-state index contributed by atoms with van der Waals surface area (Å²) in [6.07, 6.45) is 1.84. The van der Waals surface area contributed by atoms with Gasteiger partial charge in [-0.1, -0.05) is 0 Å². The molecule has 1 saturated heterocycles. The molecule has 0 spiro atoms. The first-order valence-corrected chi connectivity index (χ1v) is 5.67. The fourth-order valence-electron chi connectivity index (χ4n) is 1.16. The van der Waals surface area contributed by atoms with Crippen LogP contribution in [0.2, 0.25) is 0 Å². The molecule has 1 aliphatic rings. The molecule has 64 valence electrons. The average Bonchev–Trinajstić information content (AvgIpc) is 2.58. The van der Waals surface area contributed by atoms with Crippen LogP contribution in [0.15, 0.2) is 22.8 Å². The summed E-state index contributed by atoms with van der Waals surface area (Å²) in [4.78, 5) is 4.33. The topological polar surface area (TPSA) is 24.9 Å². The molecular weight excluding hydrogens is 236 g/mol. The molecule has 1 atom stereocenters. The highest BCUT2D eigenvalue weighted by atomic mass is 79.9. The van der Waals surface area contributed by atoms with E-state index in [1.54, 1.807) is 0 Å². The van der Waals surface area contributed by atoms with E-state index in [9.17, 15) is 0 Å².